The van der Waals surface area contributed by atoms with Gasteiger partial charge in [-0.1, -0.05) is 13.8 Å². The second kappa shape index (κ2) is 11.4. The number of fused-ring (bicyclic) bond motifs is 1. The van der Waals surface area contributed by atoms with Crippen LogP contribution in [-0.2, 0) is 4.79 Å². The Morgan fingerprint density at radius 3 is 2.53 bits per heavy atom. The molecule has 182 valence electrons. The number of nitrogens with zero attached hydrogens (tertiary/aromatic N) is 1. The first kappa shape index (κ1) is 25.6. The minimum absolute atomic E-state index is 0.00191. The number of methoxy groups -OCH3 is 1. The molecule has 2 aromatic rings. The number of hydrazone groups is 1. The van der Waals surface area contributed by atoms with Crippen LogP contribution in [0.5, 0.6) is 23.0 Å². The molecule has 1 atom stereocenters. The number of rotatable bonds is 9. The maximum absolute atomic E-state index is 12.8. The molecule has 34 heavy (non-hydrogen) atoms. The zero-order valence-corrected chi connectivity index (χ0v) is 21.8. The lowest BCUT2D eigenvalue weighted by Crippen LogP contribution is -2.48. The lowest BCUT2D eigenvalue weighted by atomic mass is 10.0. The molecule has 0 aromatic heterocycles. The number of hydrogen-bond acceptors (Lipinski definition) is 7. The lowest BCUT2D eigenvalue weighted by molar-refractivity contribution is -0.123. The normalized spacial score (nSPS) is 13.3. The van der Waals surface area contributed by atoms with Crippen molar-refractivity contribution in [2.75, 3.05) is 13.9 Å². The minimum Gasteiger partial charge on any atom is -0.493 e. The van der Waals surface area contributed by atoms with Crippen LogP contribution in [0.1, 0.15) is 43.6 Å². The second-order valence-corrected chi connectivity index (χ2v) is 9.36. The average molecular weight is 581 g/mol. The number of nitrogens with one attached hydrogen (secondary N) is 2. The molecule has 0 saturated heterocycles. The topological polar surface area (TPSA) is 107 Å². The van der Waals surface area contributed by atoms with Crippen LogP contribution in [0, 0.1) is 9.49 Å². The van der Waals surface area contributed by atoms with Crippen LogP contribution < -0.4 is 29.7 Å². The molecule has 0 aliphatic carbocycles. The molecule has 1 heterocycles. The number of halogens is 1. The Morgan fingerprint density at radius 1 is 1.12 bits per heavy atom. The third-order valence-electron chi connectivity index (χ3n) is 4.86. The van der Waals surface area contributed by atoms with E-state index in [-0.39, 0.29) is 18.8 Å². The van der Waals surface area contributed by atoms with Crippen molar-refractivity contribution in [1.82, 2.24) is 10.7 Å². The fourth-order valence-corrected chi connectivity index (χ4v) is 3.95. The van der Waals surface area contributed by atoms with Gasteiger partial charge in [0.25, 0.3) is 11.8 Å². The van der Waals surface area contributed by atoms with Crippen molar-refractivity contribution >= 4 is 40.6 Å². The number of carbonyl (C=O) groups is 2. The van der Waals surface area contributed by atoms with E-state index in [1.807, 2.05) is 33.8 Å². The summed E-state index contributed by atoms with van der Waals surface area (Å²) in [5.74, 6) is 1.33. The Morgan fingerprint density at radius 2 is 1.85 bits per heavy atom. The van der Waals surface area contributed by atoms with Gasteiger partial charge < -0.3 is 24.3 Å². The van der Waals surface area contributed by atoms with E-state index >= 15 is 0 Å². The third kappa shape index (κ3) is 6.31. The van der Waals surface area contributed by atoms with Gasteiger partial charge in [0.1, 0.15) is 6.04 Å². The molecule has 0 radical (unpaired) electrons. The Balaban J connectivity index is 1.66. The maximum atomic E-state index is 12.8. The van der Waals surface area contributed by atoms with E-state index in [0.29, 0.717) is 28.6 Å². The third-order valence-corrected chi connectivity index (χ3v) is 5.67. The van der Waals surface area contributed by atoms with E-state index in [4.69, 9.17) is 18.9 Å². The van der Waals surface area contributed by atoms with Gasteiger partial charge in [-0.25, -0.2) is 5.43 Å². The number of ether oxygens (including phenoxy) is 4. The van der Waals surface area contributed by atoms with Crippen LogP contribution in [0.3, 0.4) is 0 Å². The Bertz CT molecular complexity index is 1090. The molecule has 1 aliphatic heterocycles. The molecule has 1 unspecified atom stereocenters. The molecule has 9 nitrogen and oxygen atoms in total. The molecule has 0 saturated carbocycles. The summed E-state index contributed by atoms with van der Waals surface area (Å²) in [6.07, 6.45) is 1.51. The molecule has 10 heteroatoms. The number of benzene rings is 2. The zero-order valence-electron chi connectivity index (χ0n) is 19.7. The first-order chi connectivity index (χ1) is 16.2. The number of carbonyl (C=O) groups excluding carboxylic acids is 2. The Kier molecular flexibility index (Phi) is 8.59. The van der Waals surface area contributed by atoms with Crippen molar-refractivity contribution in [3.05, 3.63) is 45.0 Å². The van der Waals surface area contributed by atoms with Crippen molar-refractivity contribution in [1.29, 1.82) is 0 Å². The second-order valence-electron chi connectivity index (χ2n) is 8.20. The van der Waals surface area contributed by atoms with Crippen molar-refractivity contribution in [2.45, 2.75) is 39.8 Å². The van der Waals surface area contributed by atoms with Gasteiger partial charge in [-0.2, -0.15) is 5.10 Å². The van der Waals surface area contributed by atoms with E-state index in [1.165, 1.54) is 6.21 Å². The van der Waals surface area contributed by atoms with Crippen molar-refractivity contribution in [3.8, 4) is 23.0 Å². The average Bonchev–Trinajstić information content (AvgIpc) is 3.26. The highest BCUT2D eigenvalue weighted by Gasteiger charge is 2.25. The predicted octanol–water partition coefficient (Wildman–Crippen LogP) is 3.72. The summed E-state index contributed by atoms with van der Waals surface area (Å²) >= 11 is 2.16. The summed E-state index contributed by atoms with van der Waals surface area (Å²) in [5, 5.41) is 6.83. The monoisotopic (exact) mass is 581 g/mol. The lowest BCUT2D eigenvalue weighted by Gasteiger charge is -2.20. The van der Waals surface area contributed by atoms with Crippen molar-refractivity contribution < 1.29 is 28.5 Å². The first-order valence-electron chi connectivity index (χ1n) is 10.8. The van der Waals surface area contributed by atoms with E-state index < -0.39 is 17.9 Å². The van der Waals surface area contributed by atoms with Crippen molar-refractivity contribution in [3.63, 3.8) is 0 Å². The van der Waals surface area contributed by atoms with Gasteiger partial charge in [0.2, 0.25) is 6.79 Å². The smallest absolute Gasteiger partial charge is 0.262 e. The molecule has 2 N–H and O–H groups in total. The predicted molar refractivity (Wildman–Crippen MR) is 136 cm³/mol. The number of amides is 2. The van der Waals surface area contributed by atoms with Gasteiger partial charge in [-0.05, 0) is 78.3 Å². The summed E-state index contributed by atoms with van der Waals surface area (Å²) in [7, 11) is 1.57. The first-order valence-corrected chi connectivity index (χ1v) is 11.8. The van der Waals surface area contributed by atoms with Gasteiger partial charge in [0, 0.05) is 5.56 Å². The quantitative estimate of drug-likeness (QED) is 0.266. The molecule has 1 aliphatic rings. The molecule has 2 amide bonds. The molecular formula is C24H28IN3O6. The highest BCUT2D eigenvalue weighted by molar-refractivity contribution is 14.1. The van der Waals surface area contributed by atoms with Gasteiger partial charge >= 0.3 is 0 Å². The fraction of sp³-hybridized carbons (Fsp3) is 0.375. The summed E-state index contributed by atoms with van der Waals surface area (Å²) in [4.78, 5) is 25.5. The standard InChI is InChI=1S/C24H28IN3O6/c1-13(2)21(27-23(29)16-6-7-18-19(10-16)33-12-32-18)24(30)28-26-11-15-8-17(25)22(34-14(3)4)20(9-15)31-5/h6-11,13-14,21H,12H2,1-5H3,(H,27,29)(H,28,30)/b26-11+. The Labute approximate surface area is 212 Å². The molecule has 0 bridgehead atoms. The summed E-state index contributed by atoms with van der Waals surface area (Å²) in [6.45, 7) is 7.69. The summed E-state index contributed by atoms with van der Waals surface area (Å²) in [6, 6.07) is 7.74. The van der Waals surface area contributed by atoms with Crippen LogP contribution in [0.15, 0.2) is 35.4 Å². The minimum atomic E-state index is -0.786. The molecule has 2 aromatic carbocycles. The summed E-state index contributed by atoms with van der Waals surface area (Å²) < 4.78 is 22.7. The van der Waals surface area contributed by atoms with Crippen LogP contribution in [0.2, 0.25) is 0 Å². The van der Waals surface area contributed by atoms with Gasteiger partial charge in [0.05, 0.1) is 23.0 Å². The van der Waals surface area contributed by atoms with Crippen LogP contribution in [0.4, 0.5) is 0 Å². The largest absolute Gasteiger partial charge is 0.493 e. The van der Waals surface area contributed by atoms with E-state index in [9.17, 15) is 9.59 Å². The molecule has 3 rings (SSSR count). The van der Waals surface area contributed by atoms with Gasteiger partial charge in [0.15, 0.2) is 23.0 Å². The van der Waals surface area contributed by atoms with E-state index in [1.54, 1.807) is 31.4 Å². The zero-order chi connectivity index (χ0) is 24.8. The van der Waals surface area contributed by atoms with E-state index in [0.717, 1.165) is 9.13 Å². The van der Waals surface area contributed by atoms with Crippen LogP contribution in [0.25, 0.3) is 0 Å². The van der Waals surface area contributed by atoms with Crippen LogP contribution in [-0.4, -0.2) is 44.1 Å². The molecule has 0 spiro atoms. The Hall–Kier alpha value is -3.02. The van der Waals surface area contributed by atoms with E-state index in [2.05, 4.69) is 38.4 Å². The number of hydrogen-bond donors (Lipinski definition) is 2. The van der Waals surface area contributed by atoms with Gasteiger partial charge in [-0.3, -0.25) is 9.59 Å². The van der Waals surface area contributed by atoms with Gasteiger partial charge in [-0.15, -0.1) is 0 Å². The summed E-state index contributed by atoms with van der Waals surface area (Å²) in [5.41, 5.74) is 3.61. The van der Waals surface area contributed by atoms with Crippen molar-refractivity contribution in [2.24, 2.45) is 11.0 Å². The SMILES string of the molecule is COc1cc(/C=N/NC(=O)C(NC(=O)c2ccc3c(c2)OCO3)C(C)C)cc(I)c1OC(C)C. The molecular weight excluding hydrogens is 553 g/mol. The van der Waals surface area contributed by atoms with Crippen LogP contribution >= 0.6 is 22.6 Å². The highest BCUT2D eigenvalue weighted by atomic mass is 127. The molecule has 0 fully saturated rings. The highest BCUT2D eigenvalue weighted by Crippen LogP contribution is 2.34. The maximum Gasteiger partial charge on any atom is 0.262 e. The fourth-order valence-electron chi connectivity index (χ4n) is 3.20.